The van der Waals surface area contributed by atoms with E-state index < -0.39 is 0 Å². The van der Waals surface area contributed by atoms with Crippen molar-refractivity contribution in [3.63, 3.8) is 0 Å². The monoisotopic (exact) mass is 461 g/mol. The lowest BCUT2D eigenvalue weighted by molar-refractivity contribution is 0.255. The number of thiophene rings is 1. The van der Waals surface area contributed by atoms with E-state index in [9.17, 15) is 0 Å². The van der Waals surface area contributed by atoms with Crippen molar-refractivity contribution in [2.45, 2.75) is 52.5 Å². The topological polar surface area (TPSA) is 71.8 Å². The van der Waals surface area contributed by atoms with Gasteiger partial charge in [0.2, 0.25) is 5.95 Å². The maximum atomic E-state index is 4.84. The third kappa shape index (κ3) is 4.37. The lowest BCUT2D eigenvalue weighted by atomic mass is 9.91. The standard InChI is InChI=1S/C25H31N7S/c1-15(2)32-17(4)28-20-12-21(33-24(20)32)23-16(3)13-27-25(30-23)29-22-7-6-19(14-26-22)18-8-10-31(5)11-9-18/h6-7,12-15,18H,8-11H2,1-5H3,(H,26,27,29,30). The van der Waals surface area contributed by atoms with Crippen LogP contribution in [0.1, 0.15) is 55.6 Å². The summed E-state index contributed by atoms with van der Waals surface area (Å²) in [7, 11) is 2.19. The number of rotatable bonds is 5. The molecular weight excluding hydrogens is 430 g/mol. The summed E-state index contributed by atoms with van der Waals surface area (Å²) in [6, 6.07) is 6.73. The Bertz CT molecular complexity index is 1260. The van der Waals surface area contributed by atoms with Gasteiger partial charge in [0.25, 0.3) is 0 Å². The Morgan fingerprint density at radius 2 is 1.85 bits per heavy atom. The van der Waals surface area contributed by atoms with Crippen LogP contribution in [0.4, 0.5) is 11.8 Å². The molecule has 0 bridgehead atoms. The molecule has 1 fully saturated rings. The van der Waals surface area contributed by atoms with Crippen molar-refractivity contribution < 1.29 is 0 Å². The van der Waals surface area contributed by atoms with Crippen molar-refractivity contribution in [3.05, 3.63) is 47.5 Å². The van der Waals surface area contributed by atoms with Crippen LogP contribution in [-0.2, 0) is 0 Å². The molecule has 4 aromatic rings. The second-order valence-corrected chi connectivity index (χ2v) is 10.4. The molecule has 1 N–H and O–H groups in total. The van der Waals surface area contributed by atoms with E-state index in [1.165, 1.54) is 23.2 Å². The number of nitrogens with zero attached hydrogens (tertiary/aromatic N) is 6. The fourth-order valence-corrected chi connectivity index (χ4v) is 5.99. The Labute approximate surface area is 198 Å². The number of fused-ring (bicyclic) bond motifs is 1. The van der Waals surface area contributed by atoms with Gasteiger partial charge < -0.3 is 14.8 Å². The lowest BCUT2D eigenvalue weighted by Gasteiger charge is -2.29. The van der Waals surface area contributed by atoms with Crippen molar-refractivity contribution >= 4 is 33.5 Å². The molecule has 0 saturated carbocycles. The normalized spacial score (nSPS) is 15.6. The molecule has 1 aliphatic rings. The molecular formula is C25H31N7S. The highest BCUT2D eigenvalue weighted by molar-refractivity contribution is 7.21. The average Bonchev–Trinajstić information content (AvgIpc) is 3.32. The number of hydrogen-bond acceptors (Lipinski definition) is 7. The summed E-state index contributed by atoms with van der Waals surface area (Å²) < 4.78 is 2.29. The summed E-state index contributed by atoms with van der Waals surface area (Å²) in [6.45, 7) is 10.8. The Balaban J connectivity index is 1.37. The van der Waals surface area contributed by atoms with Gasteiger partial charge in [0.1, 0.15) is 22.0 Å². The first-order valence-electron chi connectivity index (χ1n) is 11.6. The number of nitrogens with one attached hydrogen (secondary N) is 1. The molecule has 0 spiro atoms. The minimum absolute atomic E-state index is 0.369. The second-order valence-electron chi connectivity index (χ2n) is 9.33. The molecule has 8 heteroatoms. The molecule has 0 unspecified atom stereocenters. The molecule has 0 amide bonds. The SMILES string of the molecule is Cc1cnc(Nc2ccc(C3CCN(C)CC3)cn2)nc1-c1cc2nc(C)n(C(C)C)c2s1. The fourth-order valence-electron chi connectivity index (χ4n) is 4.65. The smallest absolute Gasteiger partial charge is 0.228 e. The summed E-state index contributed by atoms with van der Waals surface area (Å²) >= 11 is 1.74. The molecule has 172 valence electrons. The molecule has 1 aliphatic heterocycles. The van der Waals surface area contributed by atoms with Crippen molar-refractivity contribution in [2.75, 3.05) is 25.5 Å². The van der Waals surface area contributed by atoms with E-state index >= 15 is 0 Å². The maximum Gasteiger partial charge on any atom is 0.228 e. The van der Waals surface area contributed by atoms with E-state index in [4.69, 9.17) is 9.97 Å². The largest absolute Gasteiger partial charge is 0.317 e. The van der Waals surface area contributed by atoms with Gasteiger partial charge in [-0.2, -0.15) is 0 Å². The zero-order chi connectivity index (χ0) is 23.1. The average molecular weight is 462 g/mol. The zero-order valence-electron chi connectivity index (χ0n) is 20.0. The highest BCUT2D eigenvalue weighted by Crippen LogP contribution is 2.36. The number of aromatic nitrogens is 5. The predicted molar refractivity (Wildman–Crippen MR) is 135 cm³/mol. The molecule has 1 saturated heterocycles. The first-order chi connectivity index (χ1) is 15.9. The number of likely N-dealkylation sites (tertiary alicyclic amines) is 1. The number of aryl methyl sites for hydroxylation is 2. The number of hydrogen-bond donors (Lipinski definition) is 1. The van der Waals surface area contributed by atoms with Crippen molar-refractivity contribution in [2.24, 2.45) is 0 Å². The number of piperidine rings is 1. The third-order valence-corrected chi connectivity index (χ3v) is 7.61. The third-order valence-electron chi connectivity index (χ3n) is 6.48. The van der Waals surface area contributed by atoms with Gasteiger partial charge in [-0.3, -0.25) is 0 Å². The van der Waals surface area contributed by atoms with Crippen LogP contribution in [0.3, 0.4) is 0 Å². The van der Waals surface area contributed by atoms with E-state index in [2.05, 4.69) is 64.7 Å². The summed E-state index contributed by atoms with van der Waals surface area (Å²) in [5.74, 6) is 2.97. The number of anilines is 2. The summed E-state index contributed by atoms with van der Waals surface area (Å²) in [4.78, 5) is 23.4. The summed E-state index contributed by atoms with van der Waals surface area (Å²) in [5, 5.41) is 3.29. The van der Waals surface area contributed by atoms with Gasteiger partial charge in [-0.25, -0.2) is 19.9 Å². The van der Waals surface area contributed by atoms with Gasteiger partial charge in [-0.1, -0.05) is 6.07 Å². The van der Waals surface area contributed by atoms with Crippen LogP contribution in [0, 0.1) is 13.8 Å². The van der Waals surface area contributed by atoms with Gasteiger partial charge in [-0.05, 0) is 89.9 Å². The quantitative estimate of drug-likeness (QED) is 0.411. The first-order valence-corrected chi connectivity index (χ1v) is 12.4. The van der Waals surface area contributed by atoms with E-state index in [1.807, 2.05) is 25.4 Å². The van der Waals surface area contributed by atoms with Crippen molar-refractivity contribution in [1.82, 2.24) is 29.4 Å². The first kappa shape index (κ1) is 22.0. The van der Waals surface area contributed by atoms with Crippen LogP contribution < -0.4 is 5.32 Å². The summed E-state index contributed by atoms with van der Waals surface area (Å²) in [6.07, 6.45) is 6.26. The highest BCUT2D eigenvalue weighted by atomic mass is 32.1. The second kappa shape index (κ2) is 8.83. The van der Waals surface area contributed by atoms with Gasteiger partial charge in [0.15, 0.2) is 0 Å². The molecule has 0 aliphatic carbocycles. The van der Waals surface area contributed by atoms with Crippen molar-refractivity contribution in [1.29, 1.82) is 0 Å². The number of pyridine rings is 1. The molecule has 7 nitrogen and oxygen atoms in total. The maximum absolute atomic E-state index is 4.84. The zero-order valence-corrected chi connectivity index (χ0v) is 20.8. The number of imidazole rings is 1. The molecule has 5 heterocycles. The van der Waals surface area contributed by atoms with Gasteiger partial charge in [0, 0.05) is 18.4 Å². The van der Waals surface area contributed by atoms with E-state index in [-0.39, 0.29) is 0 Å². The van der Waals surface area contributed by atoms with Crippen LogP contribution in [0.15, 0.2) is 30.6 Å². The minimum atomic E-state index is 0.369. The fraction of sp³-hybridized carbons (Fsp3) is 0.440. The van der Waals surface area contributed by atoms with Gasteiger partial charge >= 0.3 is 0 Å². The molecule has 4 aromatic heterocycles. The Morgan fingerprint density at radius 1 is 1.06 bits per heavy atom. The lowest BCUT2D eigenvalue weighted by Crippen LogP contribution is -2.29. The van der Waals surface area contributed by atoms with Crippen LogP contribution in [0.25, 0.3) is 20.9 Å². The molecule has 0 atom stereocenters. The van der Waals surface area contributed by atoms with Crippen LogP contribution >= 0.6 is 11.3 Å². The molecule has 0 radical (unpaired) electrons. The van der Waals surface area contributed by atoms with Gasteiger partial charge in [0.05, 0.1) is 10.6 Å². The minimum Gasteiger partial charge on any atom is -0.317 e. The van der Waals surface area contributed by atoms with Gasteiger partial charge in [-0.15, -0.1) is 11.3 Å². The predicted octanol–water partition coefficient (Wildman–Crippen LogP) is 5.70. The Morgan fingerprint density at radius 3 is 2.55 bits per heavy atom. The Hall–Kier alpha value is -2.84. The summed E-state index contributed by atoms with van der Waals surface area (Å²) in [5.41, 5.74) is 4.33. The molecule has 0 aromatic carbocycles. The van der Waals surface area contributed by atoms with Crippen LogP contribution in [-0.4, -0.2) is 49.5 Å². The Kier molecular flexibility index (Phi) is 5.88. The van der Waals surface area contributed by atoms with E-state index in [0.29, 0.717) is 17.9 Å². The van der Waals surface area contributed by atoms with Crippen molar-refractivity contribution in [3.8, 4) is 10.6 Å². The van der Waals surface area contributed by atoms with E-state index in [1.54, 1.807) is 11.3 Å². The molecule has 33 heavy (non-hydrogen) atoms. The van der Waals surface area contributed by atoms with Crippen LogP contribution in [0.2, 0.25) is 0 Å². The van der Waals surface area contributed by atoms with E-state index in [0.717, 1.165) is 46.4 Å². The molecule has 5 rings (SSSR count). The highest BCUT2D eigenvalue weighted by Gasteiger charge is 2.19. The van der Waals surface area contributed by atoms with Crippen LogP contribution in [0.5, 0.6) is 0 Å².